The zero-order valence-corrected chi connectivity index (χ0v) is 23.1. The van der Waals surface area contributed by atoms with E-state index in [0.29, 0.717) is 48.3 Å². The van der Waals surface area contributed by atoms with Gasteiger partial charge in [-0.3, -0.25) is 0 Å². The normalized spacial score (nSPS) is 13.6. The van der Waals surface area contributed by atoms with Gasteiger partial charge in [-0.25, -0.2) is 4.90 Å². The van der Waals surface area contributed by atoms with Crippen LogP contribution < -0.4 is 4.90 Å². The zero-order chi connectivity index (χ0) is 30.3. The number of alkyl halides is 6. The van der Waals surface area contributed by atoms with Crippen LogP contribution >= 0.6 is 0 Å². The fourth-order valence-corrected chi connectivity index (χ4v) is 5.13. The predicted octanol–water partition coefficient (Wildman–Crippen LogP) is 8.23. The minimum Gasteiger partial charge on any atom is -0.420 e. The van der Waals surface area contributed by atoms with Crippen LogP contribution in [0.2, 0.25) is 0 Å². The Labute approximate surface area is 240 Å². The van der Waals surface area contributed by atoms with E-state index in [-0.39, 0.29) is 12.6 Å². The summed E-state index contributed by atoms with van der Waals surface area (Å²) in [6.45, 7) is 2.24. The van der Waals surface area contributed by atoms with Crippen molar-refractivity contribution in [3.63, 3.8) is 0 Å². The number of rotatable bonds is 10. The van der Waals surface area contributed by atoms with E-state index >= 15 is 0 Å². The molecule has 1 amide bonds. The number of hydrogen-bond acceptors (Lipinski definition) is 2. The highest BCUT2D eigenvalue weighted by molar-refractivity contribution is 5.86. The fourth-order valence-electron chi connectivity index (χ4n) is 5.13. The van der Waals surface area contributed by atoms with Crippen molar-refractivity contribution in [2.75, 3.05) is 13.2 Å². The molecule has 0 saturated carbocycles. The van der Waals surface area contributed by atoms with Gasteiger partial charge in [0.15, 0.2) is 0 Å². The minimum atomic E-state index is -4.44. The first-order chi connectivity index (χ1) is 19.9. The van der Waals surface area contributed by atoms with Gasteiger partial charge in [-0.15, -0.1) is 0 Å². The predicted molar refractivity (Wildman–Crippen MR) is 149 cm³/mol. The second kappa shape index (κ2) is 13.4. The Bertz CT molecular complexity index is 1490. The number of halogens is 6. The molecule has 1 N–H and O–H groups in total. The van der Waals surface area contributed by atoms with Crippen molar-refractivity contribution in [3.05, 3.63) is 119 Å². The standard InChI is InChI=1S/C33H31F6NO2/c1-23(29-18-6-14-26-13-2-3-17-30(26)29)40(19-7-11-24-9-4-15-27(21-24)32(34,35)36)31(41)42-20-8-12-25-10-5-16-28(22-25)33(37,38)39/h2-6,9-10,13-18,21-23H,7-8,11-12,19-20H2,1H3/p+1/t23-/m1/s1. The van der Waals surface area contributed by atoms with E-state index in [2.05, 4.69) is 0 Å². The lowest BCUT2D eigenvalue weighted by Gasteiger charge is -2.24. The second-order valence-corrected chi connectivity index (χ2v) is 10.3. The number of benzene rings is 4. The molecule has 0 bridgehead atoms. The fraction of sp³-hybridized carbons (Fsp3) is 0.303. The van der Waals surface area contributed by atoms with Crippen LogP contribution in [0.15, 0.2) is 91.0 Å². The van der Waals surface area contributed by atoms with E-state index in [0.717, 1.165) is 40.6 Å². The van der Waals surface area contributed by atoms with Crippen LogP contribution in [0.5, 0.6) is 0 Å². The number of alkyl carbamates (subject to hydrolysis) is 2. The maximum atomic E-state index is 13.4. The molecule has 42 heavy (non-hydrogen) atoms. The first kappa shape index (κ1) is 31.1. The molecule has 4 aromatic rings. The molecule has 3 nitrogen and oxygen atoms in total. The molecule has 0 aliphatic rings. The van der Waals surface area contributed by atoms with E-state index < -0.39 is 29.6 Å². The summed E-state index contributed by atoms with van der Waals surface area (Å²) in [7, 11) is 0. The summed E-state index contributed by atoms with van der Waals surface area (Å²) in [5.74, 6) is 0. The smallest absolute Gasteiger partial charge is 0.420 e. The number of nitrogens with one attached hydrogen (secondary N) is 1. The lowest BCUT2D eigenvalue weighted by Crippen LogP contribution is -3.14. The Kier molecular flexibility index (Phi) is 9.93. The maximum absolute atomic E-state index is 13.4. The summed E-state index contributed by atoms with van der Waals surface area (Å²) in [6.07, 6.45) is -7.95. The maximum Gasteiger partial charge on any atom is 0.514 e. The number of hydrogen-bond donors (Lipinski definition) is 1. The van der Waals surface area contributed by atoms with E-state index in [1.165, 1.54) is 12.1 Å². The van der Waals surface area contributed by atoms with Gasteiger partial charge in [-0.2, -0.15) is 31.1 Å². The number of aryl methyl sites for hydroxylation is 2. The van der Waals surface area contributed by atoms with Gasteiger partial charge in [-0.05, 0) is 60.2 Å². The first-order valence-corrected chi connectivity index (χ1v) is 13.8. The number of carbonyl (C=O) groups is 1. The molecule has 2 atom stereocenters. The molecule has 0 aromatic heterocycles. The Balaban J connectivity index is 1.45. The molecule has 0 heterocycles. The van der Waals surface area contributed by atoms with Gasteiger partial charge in [0.25, 0.3) is 0 Å². The number of fused-ring (bicyclic) bond motifs is 1. The van der Waals surface area contributed by atoms with Gasteiger partial charge in [0.2, 0.25) is 0 Å². The molecule has 4 aromatic carbocycles. The van der Waals surface area contributed by atoms with Crippen LogP contribution in [0, 0.1) is 0 Å². The summed E-state index contributed by atoms with van der Waals surface area (Å²) < 4.78 is 84.1. The minimum absolute atomic E-state index is 0.0223. The third kappa shape index (κ3) is 8.12. The van der Waals surface area contributed by atoms with Crippen LogP contribution in [0.3, 0.4) is 0 Å². The third-order valence-electron chi connectivity index (χ3n) is 7.34. The summed E-state index contributed by atoms with van der Waals surface area (Å²) in [4.78, 5) is 13.9. The topological polar surface area (TPSA) is 30.7 Å². The van der Waals surface area contributed by atoms with Gasteiger partial charge in [0.1, 0.15) is 6.04 Å². The Hall–Kier alpha value is -3.85. The number of amides is 1. The van der Waals surface area contributed by atoms with Crippen molar-refractivity contribution >= 4 is 16.9 Å². The highest BCUT2D eigenvalue weighted by Crippen LogP contribution is 2.31. The highest BCUT2D eigenvalue weighted by Gasteiger charge is 2.32. The van der Waals surface area contributed by atoms with Crippen LogP contribution in [0.25, 0.3) is 10.8 Å². The molecule has 0 spiro atoms. The summed E-state index contributed by atoms with van der Waals surface area (Å²) in [6, 6.07) is 23.5. The monoisotopic (exact) mass is 588 g/mol. The lowest BCUT2D eigenvalue weighted by molar-refractivity contribution is -0.856. The molecule has 1 unspecified atom stereocenters. The first-order valence-electron chi connectivity index (χ1n) is 13.8. The van der Waals surface area contributed by atoms with Crippen molar-refractivity contribution < 1.29 is 40.8 Å². The van der Waals surface area contributed by atoms with Crippen LogP contribution in [-0.4, -0.2) is 19.2 Å². The van der Waals surface area contributed by atoms with Crippen LogP contribution in [0.4, 0.5) is 31.1 Å². The molecular weight excluding hydrogens is 556 g/mol. The Morgan fingerprint density at radius 2 is 1.29 bits per heavy atom. The van der Waals surface area contributed by atoms with Crippen molar-refractivity contribution in [2.24, 2.45) is 0 Å². The summed E-state index contributed by atoms with van der Waals surface area (Å²) in [5.41, 5.74) is 0.514. The average molecular weight is 589 g/mol. The SMILES string of the molecule is C[C@H](c1cccc2ccccc12)[NH+](CCCc1cccc(C(F)(F)F)c1)C(=O)OCCCc1cccc(C(F)(F)F)c1. The molecule has 9 heteroatoms. The van der Waals surface area contributed by atoms with Crippen molar-refractivity contribution in [2.45, 2.75) is 51.0 Å². The molecule has 222 valence electrons. The van der Waals surface area contributed by atoms with Gasteiger partial charge >= 0.3 is 18.4 Å². The Morgan fingerprint density at radius 1 is 0.738 bits per heavy atom. The quantitative estimate of drug-likeness (QED) is 0.150. The molecular formula is C33H32F6NO2+. The molecule has 0 radical (unpaired) electrons. The van der Waals surface area contributed by atoms with Gasteiger partial charge in [0, 0.05) is 12.0 Å². The van der Waals surface area contributed by atoms with Crippen molar-refractivity contribution in [3.8, 4) is 0 Å². The number of ether oxygens (including phenoxy) is 1. The van der Waals surface area contributed by atoms with Gasteiger partial charge < -0.3 is 4.74 Å². The highest BCUT2D eigenvalue weighted by atomic mass is 19.4. The van der Waals surface area contributed by atoms with Crippen LogP contribution in [-0.2, 0) is 29.9 Å². The third-order valence-corrected chi connectivity index (χ3v) is 7.34. The van der Waals surface area contributed by atoms with E-state index in [9.17, 15) is 31.1 Å². The van der Waals surface area contributed by atoms with E-state index in [1.54, 1.807) is 12.1 Å². The zero-order valence-electron chi connectivity index (χ0n) is 23.1. The van der Waals surface area contributed by atoms with Gasteiger partial charge in [0.05, 0.1) is 24.3 Å². The summed E-state index contributed by atoms with van der Waals surface area (Å²) >= 11 is 0. The van der Waals surface area contributed by atoms with E-state index in [4.69, 9.17) is 4.74 Å². The molecule has 0 fully saturated rings. The van der Waals surface area contributed by atoms with Gasteiger partial charge in [-0.1, -0.05) is 78.9 Å². The Morgan fingerprint density at radius 3 is 1.90 bits per heavy atom. The molecule has 0 saturated heterocycles. The van der Waals surface area contributed by atoms with Crippen LogP contribution in [0.1, 0.15) is 53.6 Å². The number of carbonyl (C=O) groups excluding carboxylic acids is 1. The average Bonchev–Trinajstić information content (AvgIpc) is 2.96. The van der Waals surface area contributed by atoms with Crippen molar-refractivity contribution in [1.82, 2.24) is 0 Å². The molecule has 0 aliphatic heterocycles. The molecule has 0 aliphatic carbocycles. The van der Waals surface area contributed by atoms with E-state index in [1.807, 2.05) is 49.4 Å². The largest absolute Gasteiger partial charge is 0.514 e. The summed E-state index contributed by atoms with van der Waals surface area (Å²) in [5, 5.41) is 2.00. The van der Waals surface area contributed by atoms with Crippen molar-refractivity contribution in [1.29, 1.82) is 0 Å². The number of quaternary nitrogens is 1. The lowest BCUT2D eigenvalue weighted by atomic mass is 9.98. The molecule has 4 rings (SSSR count). The second-order valence-electron chi connectivity index (χ2n) is 10.3.